The van der Waals surface area contributed by atoms with Crippen LogP contribution in [0.3, 0.4) is 0 Å². The molecule has 3 nitrogen and oxygen atoms in total. The zero-order valence-electron chi connectivity index (χ0n) is 10.8. The molecule has 1 saturated heterocycles. The van der Waals surface area contributed by atoms with E-state index >= 15 is 0 Å². The second kappa shape index (κ2) is 5.67. The largest absolute Gasteiger partial charge is 0.394 e. The van der Waals surface area contributed by atoms with Crippen molar-refractivity contribution in [2.75, 3.05) is 18.1 Å². The van der Waals surface area contributed by atoms with E-state index in [4.69, 9.17) is 5.73 Å². The van der Waals surface area contributed by atoms with E-state index in [2.05, 4.69) is 4.90 Å². The third kappa shape index (κ3) is 2.49. The molecule has 1 unspecified atom stereocenters. The molecule has 0 saturated carbocycles. The van der Waals surface area contributed by atoms with Crippen LogP contribution in [-0.2, 0) is 0 Å². The molecule has 3 N–H and O–H groups in total. The second-order valence-corrected chi connectivity index (χ2v) is 4.99. The molecule has 0 bridgehead atoms. The molecule has 100 valence electrons. The Bertz CT molecular complexity index is 409. The fourth-order valence-electron chi connectivity index (χ4n) is 2.73. The predicted octanol–water partition coefficient (Wildman–Crippen LogP) is 2.20. The molecule has 4 heteroatoms. The van der Waals surface area contributed by atoms with Gasteiger partial charge < -0.3 is 15.7 Å². The zero-order valence-corrected chi connectivity index (χ0v) is 10.8. The maximum absolute atomic E-state index is 13.9. The van der Waals surface area contributed by atoms with Crippen molar-refractivity contribution in [1.82, 2.24) is 0 Å². The molecular weight excluding hydrogens is 231 g/mol. The number of nitrogens with two attached hydrogens (primary N) is 1. The van der Waals surface area contributed by atoms with E-state index in [0.29, 0.717) is 5.56 Å². The van der Waals surface area contributed by atoms with Crippen LogP contribution in [0.15, 0.2) is 18.2 Å². The van der Waals surface area contributed by atoms with Crippen LogP contribution < -0.4 is 10.6 Å². The molecule has 0 spiro atoms. The van der Waals surface area contributed by atoms with Gasteiger partial charge in [0.25, 0.3) is 0 Å². The molecule has 1 aromatic carbocycles. The molecule has 1 heterocycles. The SMILES string of the molecule is C[C@H](N)c1c(F)cccc1N1CCCCC1CO. The summed E-state index contributed by atoms with van der Waals surface area (Å²) in [6.45, 7) is 2.75. The van der Waals surface area contributed by atoms with Crippen LogP contribution in [-0.4, -0.2) is 24.3 Å². The number of hydrogen-bond donors (Lipinski definition) is 2. The molecule has 1 fully saturated rings. The Balaban J connectivity index is 2.39. The smallest absolute Gasteiger partial charge is 0.130 e. The Morgan fingerprint density at radius 2 is 2.28 bits per heavy atom. The van der Waals surface area contributed by atoms with Crippen LogP contribution in [0.5, 0.6) is 0 Å². The minimum Gasteiger partial charge on any atom is -0.394 e. The predicted molar refractivity (Wildman–Crippen MR) is 71.1 cm³/mol. The normalized spacial score (nSPS) is 22.0. The molecule has 0 aromatic heterocycles. The van der Waals surface area contributed by atoms with Crippen LogP contribution in [0.1, 0.15) is 37.8 Å². The van der Waals surface area contributed by atoms with E-state index in [9.17, 15) is 9.50 Å². The van der Waals surface area contributed by atoms with Gasteiger partial charge in [-0.2, -0.15) is 0 Å². The number of benzene rings is 1. The van der Waals surface area contributed by atoms with Crippen LogP contribution >= 0.6 is 0 Å². The van der Waals surface area contributed by atoms with Crippen LogP contribution in [0.2, 0.25) is 0 Å². The molecule has 0 aliphatic carbocycles. The van der Waals surface area contributed by atoms with E-state index < -0.39 is 0 Å². The number of rotatable bonds is 3. The van der Waals surface area contributed by atoms with E-state index in [-0.39, 0.29) is 24.5 Å². The van der Waals surface area contributed by atoms with Gasteiger partial charge in [-0.1, -0.05) is 6.07 Å². The highest BCUT2D eigenvalue weighted by Crippen LogP contribution is 2.32. The summed E-state index contributed by atoms with van der Waals surface area (Å²) in [6.07, 6.45) is 3.14. The van der Waals surface area contributed by atoms with Gasteiger partial charge in [-0.25, -0.2) is 4.39 Å². The van der Waals surface area contributed by atoms with E-state index in [1.165, 1.54) is 6.07 Å². The summed E-state index contributed by atoms with van der Waals surface area (Å²) in [4.78, 5) is 2.10. The van der Waals surface area contributed by atoms with Gasteiger partial charge in [-0.05, 0) is 38.3 Å². The standard InChI is InChI=1S/C14H21FN2O/c1-10(16)14-12(15)6-4-7-13(14)17-8-3-2-5-11(17)9-18/h4,6-7,10-11,18H,2-3,5,8-9,16H2,1H3/t10-,11?/m0/s1. The second-order valence-electron chi connectivity index (χ2n) is 4.99. The summed E-state index contributed by atoms with van der Waals surface area (Å²) in [7, 11) is 0. The summed E-state index contributed by atoms with van der Waals surface area (Å²) in [5, 5.41) is 9.45. The molecule has 2 atom stereocenters. The maximum atomic E-state index is 13.9. The average Bonchev–Trinajstić information content (AvgIpc) is 2.38. The number of nitrogens with zero attached hydrogens (tertiary/aromatic N) is 1. The number of aliphatic hydroxyl groups excluding tert-OH is 1. The van der Waals surface area contributed by atoms with Gasteiger partial charge in [-0.15, -0.1) is 0 Å². The van der Waals surface area contributed by atoms with Crippen molar-refractivity contribution < 1.29 is 9.50 Å². The van der Waals surface area contributed by atoms with Crippen molar-refractivity contribution in [3.05, 3.63) is 29.6 Å². The molecule has 0 radical (unpaired) electrons. The summed E-state index contributed by atoms with van der Waals surface area (Å²) in [6, 6.07) is 4.79. The fraction of sp³-hybridized carbons (Fsp3) is 0.571. The van der Waals surface area contributed by atoms with Gasteiger partial charge in [0, 0.05) is 23.8 Å². The Morgan fingerprint density at radius 3 is 2.94 bits per heavy atom. The number of piperidine rings is 1. The van der Waals surface area contributed by atoms with Crippen LogP contribution in [0, 0.1) is 5.82 Å². The lowest BCUT2D eigenvalue weighted by Crippen LogP contribution is -2.42. The first-order valence-corrected chi connectivity index (χ1v) is 6.56. The Morgan fingerprint density at radius 1 is 1.50 bits per heavy atom. The lowest BCUT2D eigenvalue weighted by atomic mass is 9.98. The van der Waals surface area contributed by atoms with Crippen molar-refractivity contribution in [2.24, 2.45) is 5.73 Å². The number of halogens is 1. The van der Waals surface area contributed by atoms with Gasteiger partial charge >= 0.3 is 0 Å². The highest BCUT2D eigenvalue weighted by molar-refractivity contribution is 5.56. The number of aliphatic hydroxyl groups is 1. The van der Waals surface area contributed by atoms with Crippen molar-refractivity contribution in [3.63, 3.8) is 0 Å². The van der Waals surface area contributed by atoms with Crippen LogP contribution in [0.4, 0.5) is 10.1 Å². The van der Waals surface area contributed by atoms with Crippen molar-refractivity contribution in [3.8, 4) is 0 Å². The quantitative estimate of drug-likeness (QED) is 0.867. The van der Waals surface area contributed by atoms with E-state index in [1.54, 1.807) is 13.0 Å². The fourth-order valence-corrected chi connectivity index (χ4v) is 2.73. The summed E-state index contributed by atoms with van der Waals surface area (Å²) >= 11 is 0. The monoisotopic (exact) mass is 252 g/mol. The Kier molecular flexibility index (Phi) is 4.19. The van der Waals surface area contributed by atoms with Gasteiger partial charge in [0.1, 0.15) is 5.82 Å². The molecule has 1 aliphatic heterocycles. The van der Waals surface area contributed by atoms with Crippen LogP contribution in [0.25, 0.3) is 0 Å². The molecule has 2 rings (SSSR count). The highest BCUT2D eigenvalue weighted by atomic mass is 19.1. The van der Waals surface area contributed by atoms with Crippen molar-refractivity contribution in [1.29, 1.82) is 0 Å². The average molecular weight is 252 g/mol. The van der Waals surface area contributed by atoms with E-state index in [1.807, 2.05) is 6.07 Å². The lowest BCUT2D eigenvalue weighted by molar-refractivity contribution is 0.240. The topological polar surface area (TPSA) is 49.5 Å². The van der Waals surface area contributed by atoms with Crippen molar-refractivity contribution in [2.45, 2.75) is 38.3 Å². The third-order valence-electron chi connectivity index (χ3n) is 3.63. The molecular formula is C14H21FN2O. The first kappa shape index (κ1) is 13.3. The zero-order chi connectivity index (χ0) is 13.1. The van der Waals surface area contributed by atoms with Crippen molar-refractivity contribution >= 4 is 5.69 Å². The van der Waals surface area contributed by atoms with E-state index in [0.717, 1.165) is 31.5 Å². The number of anilines is 1. The van der Waals surface area contributed by atoms with Gasteiger partial charge in [0.15, 0.2) is 0 Å². The van der Waals surface area contributed by atoms with Gasteiger partial charge in [-0.3, -0.25) is 0 Å². The number of hydrogen-bond acceptors (Lipinski definition) is 3. The maximum Gasteiger partial charge on any atom is 0.130 e. The minimum absolute atomic E-state index is 0.0815. The molecule has 1 aromatic rings. The van der Waals surface area contributed by atoms with Gasteiger partial charge in [0.2, 0.25) is 0 Å². The van der Waals surface area contributed by atoms with Gasteiger partial charge in [0.05, 0.1) is 12.6 Å². The Labute approximate surface area is 107 Å². The third-order valence-corrected chi connectivity index (χ3v) is 3.63. The minimum atomic E-state index is -0.345. The summed E-state index contributed by atoms with van der Waals surface area (Å²) in [5.74, 6) is -0.259. The highest BCUT2D eigenvalue weighted by Gasteiger charge is 2.25. The molecule has 18 heavy (non-hydrogen) atoms. The Hall–Kier alpha value is -1.13. The molecule has 1 aliphatic rings. The molecule has 0 amide bonds. The lowest BCUT2D eigenvalue weighted by Gasteiger charge is -2.38. The first-order chi connectivity index (χ1) is 8.65. The first-order valence-electron chi connectivity index (χ1n) is 6.56. The summed E-state index contributed by atoms with van der Waals surface area (Å²) in [5.41, 5.74) is 7.27. The summed E-state index contributed by atoms with van der Waals surface area (Å²) < 4.78 is 13.9.